The maximum atomic E-state index is 12.5. The molecule has 0 aliphatic heterocycles. The summed E-state index contributed by atoms with van der Waals surface area (Å²) in [5.41, 5.74) is 0.592. The van der Waals surface area contributed by atoms with Crippen LogP contribution in [0.1, 0.15) is 30.6 Å². The lowest BCUT2D eigenvalue weighted by atomic mass is 10.1. The van der Waals surface area contributed by atoms with Gasteiger partial charge in [-0.3, -0.25) is 4.79 Å². The molecule has 1 aromatic heterocycles. The third kappa shape index (κ3) is 3.78. The molecule has 0 aliphatic carbocycles. The van der Waals surface area contributed by atoms with Gasteiger partial charge in [0, 0.05) is 25.9 Å². The summed E-state index contributed by atoms with van der Waals surface area (Å²) in [6.07, 6.45) is 2.57. The molecule has 0 aromatic carbocycles. The molecule has 1 atom stereocenters. The number of hydrogen-bond donors (Lipinski definition) is 0. The molecule has 18 heavy (non-hydrogen) atoms. The van der Waals surface area contributed by atoms with Crippen LogP contribution in [0, 0.1) is 0 Å². The van der Waals surface area contributed by atoms with Gasteiger partial charge in [-0.05, 0) is 41.4 Å². The van der Waals surface area contributed by atoms with Crippen LogP contribution >= 0.6 is 15.9 Å². The second kappa shape index (κ2) is 7.48. The van der Waals surface area contributed by atoms with Crippen molar-refractivity contribution in [3.63, 3.8) is 0 Å². The fourth-order valence-electron chi connectivity index (χ4n) is 1.63. The first-order chi connectivity index (χ1) is 8.61. The first-order valence-corrected chi connectivity index (χ1v) is 6.81. The summed E-state index contributed by atoms with van der Waals surface area (Å²) >= 11 is 3.31. The zero-order chi connectivity index (χ0) is 13.5. The minimum absolute atomic E-state index is 0.0126. The van der Waals surface area contributed by atoms with Crippen LogP contribution in [0.15, 0.2) is 22.9 Å². The molecule has 0 saturated heterocycles. The van der Waals surface area contributed by atoms with E-state index in [-0.39, 0.29) is 11.9 Å². The van der Waals surface area contributed by atoms with Gasteiger partial charge >= 0.3 is 0 Å². The highest BCUT2D eigenvalue weighted by molar-refractivity contribution is 9.10. The Bertz CT molecular complexity index is 398. The molecule has 0 N–H and O–H groups in total. The van der Waals surface area contributed by atoms with Crippen LogP contribution in [-0.2, 0) is 4.74 Å². The molecule has 1 unspecified atom stereocenters. The van der Waals surface area contributed by atoms with Crippen LogP contribution in [0.3, 0.4) is 0 Å². The summed E-state index contributed by atoms with van der Waals surface area (Å²) in [5, 5.41) is 0. The normalized spacial score (nSPS) is 12.2. The number of aromatic nitrogens is 1. The quantitative estimate of drug-likeness (QED) is 0.758. The third-order valence-corrected chi connectivity index (χ3v) is 3.54. The molecule has 4 nitrogen and oxygen atoms in total. The Labute approximate surface area is 116 Å². The summed E-state index contributed by atoms with van der Waals surface area (Å²) in [4.78, 5) is 18.4. The SMILES string of the molecule is CCC(C)N(CCOC)C(=O)c1cccnc1Br. The van der Waals surface area contributed by atoms with Crippen molar-refractivity contribution < 1.29 is 9.53 Å². The predicted octanol–water partition coefficient (Wildman–Crippen LogP) is 2.73. The Hall–Kier alpha value is -0.940. The molecule has 0 fully saturated rings. The molecule has 0 bridgehead atoms. The Balaban J connectivity index is 2.91. The summed E-state index contributed by atoms with van der Waals surface area (Å²) in [7, 11) is 1.64. The Morgan fingerprint density at radius 3 is 2.89 bits per heavy atom. The van der Waals surface area contributed by atoms with E-state index in [0.717, 1.165) is 6.42 Å². The smallest absolute Gasteiger partial charge is 0.256 e. The van der Waals surface area contributed by atoms with E-state index in [0.29, 0.717) is 23.3 Å². The Kier molecular flexibility index (Phi) is 6.29. The van der Waals surface area contributed by atoms with Gasteiger partial charge in [-0.15, -0.1) is 0 Å². The lowest BCUT2D eigenvalue weighted by molar-refractivity contribution is 0.0612. The van der Waals surface area contributed by atoms with Crippen molar-refractivity contribution in [1.82, 2.24) is 9.88 Å². The van der Waals surface area contributed by atoms with Crippen molar-refractivity contribution in [3.05, 3.63) is 28.5 Å². The van der Waals surface area contributed by atoms with Crippen molar-refractivity contribution >= 4 is 21.8 Å². The predicted molar refractivity (Wildman–Crippen MR) is 74.6 cm³/mol. The Morgan fingerprint density at radius 2 is 2.33 bits per heavy atom. The van der Waals surface area contributed by atoms with Crippen LogP contribution < -0.4 is 0 Å². The molecule has 0 aliphatic rings. The minimum atomic E-state index is -0.0126. The lowest BCUT2D eigenvalue weighted by Crippen LogP contribution is -2.40. The third-order valence-electron chi connectivity index (χ3n) is 2.91. The van der Waals surface area contributed by atoms with Crippen molar-refractivity contribution in [2.24, 2.45) is 0 Å². The average Bonchev–Trinajstić information content (AvgIpc) is 2.39. The second-order valence-electron chi connectivity index (χ2n) is 4.09. The van der Waals surface area contributed by atoms with E-state index in [1.54, 1.807) is 25.4 Å². The van der Waals surface area contributed by atoms with Crippen molar-refractivity contribution in [1.29, 1.82) is 0 Å². The van der Waals surface area contributed by atoms with Crippen molar-refractivity contribution in [3.8, 4) is 0 Å². The molecule has 0 radical (unpaired) electrons. The number of nitrogens with zero attached hydrogens (tertiary/aromatic N) is 2. The molecular weight excluding hydrogens is 296 g/mol. The summed E-state index contributed by atoms with van der Waals surface area (Å²) in [6.45, 7) is 5.23. The number of halogens is 1. The standard InChI is InChI=1S/C13H19BrN2O2/c1-4-10(2)16(8-9-18-3)13(17)11-6-5-7-15-12(11)14/h5-7,10H,4,8-9H2,1-3H3. The number of methoxy groups -OCH3 is 1. The second-order valence-corrected chi connectivity index (χ2v) is 4.84. The van der Waals surface area contributed by atoms with E-state index in [2.05, 4.69) is 27.8 Å². The summed E-state index contributed by atoms with van der Waals surface area (Å²) < 4.78 is 5.65. The van der Waals surface area contributed by atoms with Gasteiger partial charge in [0.05, 0.1) is 12.2 Å². The monoisotopic (exact) mass is 314 g/mol. The van der Waals surface area contributed by atoms with Crippen molar-refractivity contribution in [2.45, 2.75) is 26.3 Å². The number of amides is 1. The molecule has 0 spiro atoms. The first-order valence-electron chi connectivity index (χ1n) is 6.02. The van der Waals surface area contributed by atoms with Gasteiger partial charge in [0.1, 0.15) is 4.60 Å². The van der Waals surface area contributed by atoms with Crippen LogP contribution in [0.5, 0.6) is 0 Å². The van der Waals surface area contributed by atoms with Gasteiger partial charge in [-0.25, -0.2) is 4.98 Å². The van der Waals surface area contributed by atoms with Crippen LogP contribution in [0.2, 0.25) is 0 Å². The van der Waals surface area contributed by atoms with E-state index in [4.69, 9.17) is 4.74 Å². The molecule has 100 valence electrons. The van der Waals surface area contributed by atoms with E-state index < -0.39 is 0 Å². The number of ether oxygens (including phenoxy) is 1. The number of pyridine rings is 1. The molecule has 1 rings (SSSR count). The number of rotatable bonds is 6. The largest absolute Gasteiger partial charge is 0.383 e. The van der Waals surface area contributed by atoms with Crippen molar-refractivity contribution in [2.75, 3.05) is 20.3 Å². The first kappa shape index (κ1) is 15.1. The molecule has 1 aromatic rings. The molecule has 1 heterocycles. The summed E-state index contributed by atoms with van der Waals surface area (Å²) in [6, 6.07) is 3.73. The van der Waals surface area contributed by atoms with Gasteiger partial charge in [0.2, 0.25) is 0 Å². The number of carbonyl (C=O) groups excluding carboxylic acids is 1. The van der Waals surface area contributed by atoms with E-state index in [1.807, 2.05) is 11.8 Å². The maximum Gasteiger partial charge on any atom is 0.256 e. The zero-order valence-electron chi connectivity index (χ0n) is 11.0. The van der Waals surface area contributed by atoms with Gasteiger partial charge in [0.25, 0.3) is 5.91 Å². The minimum Gasteiger partial charge on any atom is -0.383 e. The fraction of sp³-hybridized carbons (Fsp3) is 0.538. The average molecular weight is 315 g/mol. The lowest BCUT2D eigenvalue weighted by Gasteiger charge is -2.28. The highest BCUT2D eigenvalue weighted by Crippen LogP contribution is 2.17. The highest BCUT2D eigenvalue weighted by Gasteiger charge is 2.22. The van der Waals surface area contributed by atoms with Gasteiger partial charge < -0.3 is 9.64 Å². The highest BCUT2D eigenvalue weighted by atomic mass is 79.9. The van der Waals surface area contributed by atoms with E-state index in [9.17, 15) is 4.79 Å². The van der Waals surface area contributed by atoms with Gasteiger partial charge in [-0.1, -0.05) is 6.92 Å². The van der Waals surface area contributed by atoms with Gasteiger partial charge in [-0.2, -0.15) is 0 Å². The fourth-order valence-corrected chi connectivity index (χ4v) is 2.05. The molecule has 0 saturated carbocycles. The van der Waals surface area contributed by atoms with Gasteiger partial charge in [0.15, 0.2) is 0 Å². The number of hydrogen-bond acceptors (Lipinski definition) is 3. The Morgan fingerprint density at radius 1 is 1.61 bits per heavy atom. The van der Waals surface area contributed by atoms with Crippen LogP contribution in [0.25, 0.3) is 0 Å². The molecule has 1 amide bonds. The van der Waals surface area contributed by atoms with E-state index >= 15 is 0 Å². The maximum absolute atomic E-state index is 12.5. The van der Waals surface area contributed by atoms with Crippen LogP contribution in [0.4, 0.5) is 0 Å². The zero-order valence-corrected chi connectivity index (χ0v) is 12.6. The topological polar surface area (TPSA) is 42.4 Å². The summed E-state index contributed by atoms with van der Waals surface area (Å²) in [5.74, 6) is -0.0126. The van der Waals surface area contributed by atoms with E-state index in [1.165, 1.54) is 0 Å². The number of carbonyl (C=O) groups is 1. The van der Waals surface area contributed by atoms with Crippen LogP contribution in [-0.4, -0.2) is 42.1 Å². The molecule has 5 heteroatoms. The molecular formula is C13H19BrN2O2.